The van der Waals surface area contributed by atoms with E-state index in [-0.39, 0.29) is 11.9 Å². The molecular weight excluding hydrogens is 282 g/mol. The highest BCUT2D eigenvalue weighted by atomic mass is 35.5. The Morgan fingerprint density at radius 2 is 2.32 bits per heavy atom. The molecule has 4 nitrogen and oxygen atoms in total. The van der Waals surface area contributed by atoms with Gasteiger partial charge in [-0.05, 0) is 19.4 Å². The number of amides is 1. The molecular formula is C13H14ClN3OS. The molecule has 1 unspecified atom stereocenters. The van der Waals surface area contributed by atoms with Gasteiger partial charge in [-0.2, -0.15) is 0 Å². The van der Waals surface area contributed by atoms with Gasteiger partial charge in [-0.15, -0.1) is 11.3 Å². The normalized spacial score (nSPS) is 12.2. The first kappa shape index (κ1) is 14.0. The molecule has 0 bridgehead atoms. The molecule has 0 saturated carbocycles. The van der Waals surface area contributed by atoms with E-state index in [4.69, 9.17) is 11.6 Å². The van der Waals surface area contributed by atoms with Crippen LogP contribution in [0.4, 0.5) is 0 Å². The highest BCUT2D eigenvalue weighted by Gasteiger charge is 2.18. The Morgan fingerprint density at radius 1 is 1.53 bits per heavy atom. The molecule has 1 amide bonds. The molecule has 1 N–H and O–H groups in total. The summed E-state index contributed by atoms with van der Waals surface area (Å²) in [6.07, 6.45) is 4.01. The van der Waals surface area contributed by atoms with Crippen LogP contribution in [0, 0.1) is 6.92 Å². The number of pyridine rings is 1. The first-order valence-electron chi connectivity index (χ1n) is 5.94. The predicted molar refractivity (Wildman–Crippen MR) is 76.6 cm³/mol. The van der Waals surface area contributed by atoms with Gasteiger partial charge in [0.1, 0.15) is 5.01 Å². The minimum absolute atomic E-state index is 0.0927. The number of thiazole rings is 1. The van der Waals surface area contributed by atoms with Gasteiger partial charge in [-0.3, -0.25) is 9.78 Å². The summed E-state index contributed by atoms with van der Waals surface area (Å²) in [5.41, 5.74) is 1.18. The zero-order valence-corrected chi connectivity index (χ0v) is 12.3. The number of hydrogen-bond acceptors (Lipinski definition) is 4. The number of halogens is 1. The molecule has 0 spiro atoms. The lowest BCUT2D eigenvalue weighted by molar-refractivity contribution is 0.0935. The number of carbonyl (C=O) groups excluding carboxylic acids is 1. The molecule has 2 rings (SSSR count). The Balaban J connectivity index is 2.16. The van der Waals surface area contributed by atoms with Crippen molar-refractivity contribution in [1.82, 2.24) is 15.3 Å². The fourth-order valence-electron chi connectivity index (χ4n) is 1.67. The van der Waals surface area contributed by atoms with Crippen LogP contribution in [0.5, 0.6) is 0 Å². The molecule has 100 valence electrons. The van der Waals surface area contributed by atoms with E-state index < -0.39 is 0 Å². The van der Waals surface area contributed by atoms with Crippen LogP contribution < -0.4 is 5.32 Å². The predicted octanol–water partition coefficient (Wildman–Crippen LogP) is 3.38. The third-order valence-electron chi connectivity index (χ3n) is 2.70. The Labute approximate surface area is 120 Å². The summed E-state index contributed by atoms with van der Waals surface area (Å²) in [6, 6.07) is 1.59. The van der Waals surface area contributed by atoms with Crippen molar-refractivity contribution in [2.45, 2.75) is 26.3 Å². The molecule has 0 saturated heterocycles. The molecule has 0 fully saturated rings. The Bertz CT molecular complexity index is 571. The number of aromatic nitrogens is 2. The molecule has 2 heterocycles. The lowest BCUT2D eigenvalue weighted by Gasteiger charge is -2.14. The molecule has 1 atom stereocenters. The summed E-state index contributed by atoms with van der Waals surface area (Å²) in [4.78, 5) is 20.5. The summed E-state index contributed by atoms with van der Waals surface area (Å²) in [5.74, 6) is -0.223. The van der Waals surface area contributed by atoms with E-state index >= 15 is 0 Å². The summed E-state index contributed by atoms with van der Waals surface area (Å²) in [6.45, 7) is 3.83. The quantitative estimate of drug-likeness (QED) is 0.941. The largest absolute Gasteiger partial charge is 0.343 e. The van der Waals surface area contributed by atoms with Crippen LogP contribution >= 0.6 is 22.9 Å². The lowest BCUT2D eigenvalue weighted by Crippen LogP contribution is -2.28. The maximum absolute atomic E-state index is 12.2. The maximum atomic E-state index is 12.2. The molecule has 19 heavy (non-hydrogen) atoms. The van der Waals surface area contributed by atoms with Gasteiger partial charge in [0.25, 0.3) is 5.91 Å². The van der Waals surface area contributed by atoms with Crippen LogP contribution in [-0.2, 0) is 0 Å². The highest BCUT2D eigenvalue weighted by molar-refractivity contribution is 7.09. The third kappa shape index (κ3) is 3.30. The van der Waals surface area contributed by atoms with Crippen molar-refractivity contribution in [1.29, 1.82) is 0 Å². The monoisotopic (exact) mass is 295 g/mol. The van der Waals surface area contributed by atoms with Crippen LogP contribution in [0.3, 0.4) is 0 Å². The second-order valence-electron chi connectivity index (χ2n) is 4.11. The molecule has 0 aliphatic carbocycles. The van der Waals surface area contributed by atoms with Gasteiger partial charge in [0.2, 0.25) is 0 Å². The fourth-order valence-corrected chi connectivity index (χ4v) is 2.74. The van der Waals surface area contributed by atoms with Crippen molar-refractivity contribution in [3.63, 3.8) is 0 Å². The minimum atomic E-state index is -0.223. The molecule has 2 aromatic heterocycles. The number of carbonyl (C=O) groups is 1. The van der Waals surface area contributed by atoms with Crippen LogP contribution in [0.2, 0.25) is 5.02 Å². The van der Waals surface area contributed by atoms with Crippen molar-refractivity contribution >= 4 is 28.8 Å². The summed E-state index contributed by atoms with van der Waals surface area (Å²) in [7, 11) is 0. The Morgan fingerprint density at radius 3 is 2.89 bits per heavy atom. The van der Waals surface area contributed by atoms with Gasteiger partial charge in [0.05, 0.1) is 16.6 Å². The summed E-state index contributed by atoms with van der Waals surface area (Å²) < 4.78 is 0. The Hall–Kier alpha value is -1.46. The van der Waals surface area contributed by atoms with Gasteiger partial charge in [0.15, 0.2) is 0 Å². The summed E-state index contributed by atoms with van der Waals surface area (Å²) >= 11 is 7.59. The zero-order valence-electron chi connectivity index (χ0n) is 10.7. The van der Waals surface area contributed by atoms with Gasteiger partial charge >= 0.3 is 0 Å². The van der Waals surface area contributed by atoms with E-state index in [2.05, 4.69) is 15.3 Å². The van der Waals surface area contributed by atoms with Crippen molar-refractivity contribution in [3.8, 4) is 0 Å². The number of rotatable bonds is 4. The van der Waals surface area contributed by atoms with Crippen molar-refractivity contribution in [3.05, 3.63) is 45.1 Å². The number of hydrogen-bond donors (Lipinski definition) is 1. The van der Waals surface area contributed by atoms with E-state index in [1.807, 2.05) is 19.2 Å². The molecule has 0 radical (unpaired) electrons. The van der Waals surface area contributed by atoms with Gasteiger partial charge in [-0.25, -0.2) is 4.98 Å². The maximum Gasteiger partial charge on any atom is 0.254 e. The molecule has 0 aliphatic rings. The second kappa shape index (κ2) is 6.12. The van der Waals surface area contributed by atoms with Crippen molar-refractivity contribution in [2.75, 3.05) is 0 Å². The van der Waals surface area contributed by atoms with Crippen LogP contribution in [-0.4, -0.2) is 15.9 Å². The van der Waals surface area contributed by atoms with E-state index in [0.29, 0.717) is 10.6 Å². The first-order valence-corrected chi connectivity index (χ1v) is 7.20. The standard InChI is InChI=1S/C13H14ClN3OS/c1-3-11(13-15-4-5-19-13)17-12(18)9-7-16-8(2)6-10(9)14/h4-7,11H,3H2,1-2H3,(H,17,18). The van der Waals surface area contributed by atoms with E-state index in [1.165, 1.54) is 17.5 Å². The number of aryl methyl sites for hydroxylation is 1. The third-order valence-corrected chi connectivity index (χ3v) is 3.90. The highest BCUT2D eigenvalue weighted by Crippen LogP contribution is 2.21. The SMILES string of the molecule is CCC(NC(=O)c1cnc(C)cc1Cl)c1nccs1. The van der Waals surface area contributed by atoms with Gasteiger partial charge in [-0.1, -0.05) is 18.5 Å². The minimum Gasteiger partial charge on any atom is -0.343 e. The van der Waals surface area contributed by atoms with Gasteiger partial charge < -0.3 is 5.32 Å². The van der Waals surface area contributed by atoms with Crippen LogP contribution in [0.1, 0.15) is 40.4 Å². The smallest absolute Gasteiger partial charge is 0.254 e. The molecule has 0 aromatic carbocycles. The van der Waals surface area contributed by atoms with Crippen LogP contribution in [0.15, 0.2) is 23.8 Å². The fraction of sp³-hybridized carbons (Fsp3) is 0.308. The first-order chi connectivity index (χ1) is 9.11. The van der Waals surface area contributed by atoms with E-state index in [9.17, 15) is 4.79 Å². The second-order valence-corrected chi connectivity index (χ2v) is 5.44. The number of nitrogens with one attached hydrogen (secondary N) is 1. The average molecular weight is 296 g/mol. The van der Waals surface area contributed by atoms with Crippen molar-refractivity contribution in [2.24, 2.45) is 0 Å². The zero-order chi connectivity index (χ0) is 13.8. The lowest BCUT2D eigenvalue weighted by atomic mass is 10.2. The van der Waals surface area contributed by atoms with Crippen molar-refractivity contribution < 1.29 is 4.79 Å². The Kier molecular flexibility index (Phi) is 4.50. The molecule has 0 aliphatic heterocycles. The van der Waals surface area contributed by atoms with E-state index in [1.54, 1.807) is 12.3 Å². The molecule has 2 aromatic rings. The van der Waals surface area contributed by atoms with E-state index in [0.717, 1.165) is 17.1 Å². The average Bonchev–Trinajstić information content (AvgIpc) is 2.89. The topological polar surface area (TPSA) is 54.9 Å². The van der Waals surface area contributed by atoms with Gasteiger partial charge in [0, 0.05) is 23.5 Å². The van der Waals surface area contributed by atoms with Crippen LogP contribution in [0.25, 0.3) is 0 Å². The molecule has 6 heteroatoms. The number of nitrogens with zero attached hydrogens (tertiary/aromatic N) is 2. The summed E-state index contributed by atoms with van der Waals surface area (Å²) in [5, 5.41) is 6.13.